The maximum Gasteiger partial charge on any atom is 0.415 e. The number of carbonyl (C=O) groups excluding carboxylic acids is 2. The van der Waals surface area contributed by atoms with Crippen LogP contribution in [0.25, 0.3) is 0 Å². The number of tetrazole rings is 1. The number of benzene rings is 1. The second kappa shape index (κ2) is 13.0. The molecule has 0 saturated carbocycles. The van der Waals surface area contributed by atoms with Crippen molar-refractivity contribution in [2.45, 2.75) is 24.5 Å². The smallest absolute Gasteiger partial charge is 0.409 e. The average Bonchev–Trinajstić information content (AvgIpc) is 3.38. The van der Waals surface area contributed by atoms with Crippen LogP contribution in [0.15, 0.2) is 47.8 Å². The molecule has 0 spiro atoms. The Balaban J connectivity index is 1.04. The molecule has 0 aliphatic carbocycles. The minimum atomic E-state index is -0.394. The number of aryl methyl sites for hydroxylation is 1. The monoisotopic (exact) mass is 552 g/mol. The van der Waals surface area contributed by atoms with E-state index >= 15 is 0 Å². The summed E-state index contributed by atoms with van der Waals surface area (Å²) >= 11 is 1.63. The molecule has 1 N–H and O–H groups in total. The number of likely N-dealkylation sites (tertiary alicyclic amines) is 1. The Kier molecular flexibility index (Phi) is 9.01. The molecule has 2 aliphatic rings. The summed E-state index contributed by atoms with van der Waals surface area (Å²) in [5.41, 5.74) is 1.70. The van der Waals surface area contributed by atoms with Gasteiger partial charge in [0.25, 0.3) is 5.91 Å². The number of amides is 2. The summed E-state index contributed by atoms with van der Waals surface area (Å²) in [7, 11) is 1.82. The van der Waals surface area contributed by atoms with Crippen molar-refractivity contribution in [2.75, 3.05) is 50.5 Å². The summed E-state index contributed by atoms with van der Waals surface area (Å²) in [6.45, 7) is 5.46. The third kappa shape index (κ3) is 7.52. The van der Waals surface area contributed by atoms with Crippen LogP contribution in [-0.2, 0) is 18.3 Å². The summed E-state index contributed by atoms with van der Waals surface area (Å²) in [5.74, 6) is 1.86. The zero-order valence-corrected chi connectivity index (χ0v) is 22.7. The Morgan fingerprint density at radius 3 is 2.51 bits per heavy atom. The van der Waals surface area contributed by atoms with E-state index < -0.39 is 6.09 Å². The number of nitrogens with one attached hydrogen (secondary N) is 1. The van der Waals surface area contributed by atoms with E-state index in [-0.39, 0.29) is 5.91 Å². The Morgan fingerprint density at radius 2 is 1.85 bits per heavy atom. The molecule has 2 saturated heterocycles. The Bertz CT molecular complexity index is 1240. The van der Waals surface area contributed by atoms with Crippen LogP contribution in [0.4, 0.5) is 10.6 Å². The molecule has 5 rings (SSSR count). The summed E-state index contributed by atoms with van der Waals surface area (Å²) in [6.07, 6.45) is 2.83. The fraction of sp³-hybridized carbons (Fsp3) is 0.462. The summed E-state index contributed by atoms with van der Waals surface area (Å²) < 4.78 is 12.6. The molecule has 0 unspecified atom stereocenters. The largest absolute Gasteiger partial charge is 0.415 e. The molecule has 1 aromatic carbocycles. The maximum absolute atomic E-state index is 12.7. The third-order valence-electron chi connectivity index (χ3n) is 6.81. The van der Waals surface area contributed by atoms with Crippen LogP contribution < -0.4 is 10.1 Å². The first-order valence-corrected chi connectivity index (χ1v) is 14.0. The van der Waals surface area contributed by atoms with E-state index in [9.17, 15) is 9.59 Å². The molecule has 2 aliphatic heterocycles. The fourth-order valence-corrected chi connectivity index (χ4v) is 5.50. The molecule has 0 bridgehead atoms. The van der Waals surface area contributed by atoms with E-state index in [4.69, 9.17) is 9.47 Å². The molecule has 0 atom stereocenters. The van der Waals surface area contributed by atoms with E-state index in [1.807, 2.05) is 31.3 Å². The van der Waals surface area contributed by atoms with Gasteiger partial charge in [-0.2, -0.15) is 0 Å². The van der Waals surface area contributed by atoms with Crippen molar-refractivity contribution in [1.82, 2.24) is 35.0 Å². The molecule has 12 nitrogen and oxygen atoms in total. The van der Waals surface area contributed by atoms with Crippen molar-refractivity contribution in [3.63, 3.8) is 0 Å². The average molecular weight is 553 g/mol. The lowest BCUT2D eigenvalue weighted by molar-refractivity contribution is 0.0342. The number of morpholine rings is 1. The van der Waals surface area contributed by atoms with Crippen LogP contribution in [0, 0.1) is 5.92 Å². The number of piperidine rings is 1. The van der Waals surface area contributed by atoms with Gasteiger partial charge in [-0.15, -0.1) is 5.10 Å². The number of rotatable bonds is 8. The van der Waals surface area contributed by atoms with Crippen molar-refractivity contribution >= 4 is 29.6 Å². The number of anilines is 1. The lowest BCUT2D eigenvalue weighted by atomic mass is 9.99. The lowest BCUT2D eigenvalue weighted by Gasteiger charge is -2.30. The number of ether oxygens (including phenoxy) is 2. The van der Waals surface area contributed by atoms with Crippen LogP contribution >= 0.6 is 11.8 Å². The second-order valence-corrected chi connectivity index (χ2v) is 10.6. The molecule has 13 heteroatoms. The molecular weight excluding hydrogens is 520 g/mol. The zero-order valence-electron chi connectivity index (χ0n) is 21.9. The number of hydrogen-bond acceptors (Lipinski definition) is 10. The molecule has 0 radical (unpaired) electrons. The minimum absolute atomic E-state index is 0.248. The molecule has 206 valence electrons. The van der Waals surface area contributed by atoms with E-state index in [0.29, 0.717) is 36.1 Å². The highest BCUT2D eigenvalue weighted by atomic mass is 32.2. The molecule has 2 amide bonds. The standard InChI is InChI=1S/C26H32N8O4S/c1-32-25(29-30-31-32)39-18-20-8-10-34(11-9-20)26(36)38-22-6-7-23(27-16-22)28-24(35)21-4-2-19(3-5-21)17-33-12-14-37-15-13-33/h2-7,16,20H,8-15,17-18H2,1H3,(H,27,28,35). The van der Waals surface area contributed by atoms with E-state index in [1.165, 1.54) is 6.20 Å². The van der Waals surface area contributed by atoms with Crippen LogP contribution in [-0.4, -0.2) is 92.1 Å². The van der Waals surface area contributed by atoms with Gasteiger partial charge in [0, 0.05) is 51.1 Å². The Labute approximate surface area is 231 Å². The SMILES string of the molecule is Cn1nnnc1SCC1CCN(C(=O)Oc2ccc(NC(=O)c3ccc(CN4CCOCC4)cc3)nc2)CC1. The van der Waals surface area contributed by atoms with Gasteiger partial charge >= 0.3 is 6.09 Å². The topological polar surface area (TPSA) is 128 Å². The van der Waals surface area contributed by atoms with Crippen molar-refractivity contribution < 1.29 is 19.1 Å². The zero-order chi connectivity index (χ0) is 27.0. The first-order chi connectivity index (χ1) is 19.0. The van der Waals surface area contributed by atoms with Gasteiger partial charge < -0.3 is 19.7 Å². The number of pyridine rings is 1. The van der Waals surface area contributed by atoms with Crippen LogP contribution in [0.5, 0.6) is 5.75 Å². The van der Waals surface area contributed by atoms with Gasteiger partial charge in [0.1, 0.15) is 5.82 Å². The van der Waals surface area contributed by atoms with Crippen molar-refractivity contribution in [3.8, 4) is 5.75 Å². The normalized spacial score (nSPS) is 16.7. The predicted octanol–water partition coefficient (Wildman–Crippen LogP) is 2.69. The highest BCUT2D eigenvalue weighted by Crippen LogP contribution is 2.25. The van der Waals surface area contributed by atoms with Crippen LogP contribution in [0.3, 0.4) is 0 Å². The highest BCUT2D eigenvalue weighted by molar-refractivity contribution is 7.99. The molecule has 39 heavy (non-hydrogen) atoms. The predicted molar refractivity (Wildman–Crippen MR) is 145 cm³/mol. The quantitative estimate of drug-likeness (QED) is 0.417. The molecule has 2 aromatic heterocycles. The van der Waals surface area contributed by atoms with Crippen LogP contribution in [0.1, 0.15) is 28.8 Å². The highest BCUT2D eigenvalue weighted by Gasteiger charge is 2.25. The first-order valence-electron chi connectivity index (χ1n) is 13.0. The minimum Gasteiger partial charge on any atom is -0.409 e. The van der Waals surface area contributed by atoms with Gasteiger partial charge in [-0.3, -0.25) is 9.69 Å². The first kappa shape index (κ1) is 27.0. The number of nitrogens with zero attached hydrogens (tertiary/aromatic N) is 7. The van der Waals surface area contributed by atoms with E-state index in [1.54, 1.807) is 33.5 Å². The van der Waals surface area contributed by atoms with Gasteiger partial charge in [0.2, 0.25) is 5.16 Å². The van der Waals surface area contributed by atoms with Gasteiger partial charge in [-0.25, -0.2) is 14.5 Å². The summed E-state index contributed by atoms with van der Waals surface area (Å²) in [5, 5.41) is 15.1. The third-order valence-corrected chi connectivity index (χ3v) is 8.05. The number of aromatic nitrogens is 5. The summed E-state index contributed by atoms with van der Waals surface area (Å²) in [6, 6.07) is 10.8. The van der Waals surface area contributed by atoms with Gasteiger partial charge in [0.05, 0.1) is 19.4 Å². The summed E-state index contributed by atoms with van der Waals surface area (Å²) in [4.78, 5) is 33.6. The Hall–Kier alpha value is -3.55. The maximum atomic E-state index is 12.7. The van der Waals surface area contributed by atoms with Crippen molar-refractivity contribution in [1.29, 1.82) is 0 Å². The van der Waals surface area contributed by atoms with Crippen molar-refractivity contribution in [3.05, 3.63) is 53.7 Å². The van der Waals surface area contributed by atoms with Crippen molar-refractivity contribution in [2.24, 2.45) is 13.0 Å². The van der Waals surface area contributed by atoms with E-state index in [0.717, 1.165) is 62.2 Å². The molecule has 2 fully saturated rings. The number of thioether (sulfide) groups is 1. The van der Waals surface area contributed by atoms with Gasteiger partial charge in [0.15, 0.2) is 5.75 Å². The number of carbonyl (C=O) groups is 2. The van der Waals surface area contributed by atoms with E-state index in [2.05, 4.69) is 30.7 Å². The fourth-order valence-electron chi connectivity index (χ4n) is 4.47. The second-order valence-electron chi connectivity index (χ2n) is 9.61. The molecule has 3 aromatic rings. The number of hydrogen-bond donors (Lipinski definition) is 1. The van der Waals surface area contributed by atoms with Gasteiger partial charge in [-0.05, 0) is 59.0 Å². The molecular formula is C26H32N8O4S. The lowest BCUT2D eigenvalue weighted by Crippen LogP contribution is -2.40. The van der Waals surface area contributed by atoms with Crippen LogP contribution in [0.2, 0.25) is 0 Å². The Morgan fingerprint density at radius 1 is 1.08 bits per heavy atom. The molecule has 4 heterocycles. The van der Waals surface area contributed by atoms with Gasteiger partial charge in [-0.1, -0.05) is 23.9 Å².